The smallest absolute Gasteiger partial charge is 0.251 e. The Hall–Kier alpha value is -3.69. The average molecular weight is 463 g/mol. The highest BCUT2D eigenvalue weighted by Crippen LogP contribution is 2.31. The van der Waals surface area contributed by atoms with Gasteiger partial charge >= 0.3 is 0 Å². The number of carbonyl (C=O) groups excluding carboxylic acids is 1. The van der Waals surface area contributed by atoms with E-state index in [1.165, 1.54) is 0 Å². The van der Waals surface area contributed by atoms with Crippen molar-refractivity contribution >= 4 is 11.9 Å². The third-order valence-corrected chi connectivity index (χ3v) is 6.08. The van der Waals surface area contributed by atoms with Crippen molar-refractivity contribution in [1.82, 2.24) is 15.3 Å². The maximum absolute atomic E-state index is 12.7. The van der Waals surface area contributed by atoms with Crippen LogP contribution >= 0.6 is 0 Å². The molecule has 0 radical (unpaired) electrons. The highest BCUT2D eigenvalue weighted by atomic mass is 16.6. The minimum atomic E-state index is -0.253. The number of nitrogens with zero attached hydrogens (tertiary/aromatic N) is 2. The molecule has 5 rings (SSSR count). The van der Waals surface area contributed by atoms with Crippen molar-refractivity contribution < 1.29 is 23.7 Å². The molecule has 2 aliphatic heterocycles. The molecule has 0 aliphatic carbocycles. The normalized spacial score (nSPS) is 23.2. The number of rotatable bonds is 7. The summed E-state index contributed by atoms with van der Waals surface area (Å²) in [4.78, 5) is 21.7. The van der Waals surface area contributed by atoms with E-state index in [0.717, 1.165) is 17.0 Å². The fourth-order valence-electron chi connectivity index (χ4n) is 4.34. The summed E-state index contributed by atoms with van der Waals surface area (Å²) < 4.78 is 22.6. The molecule has 4 atom stereocenters. The lowest BCUT2D eigenvalue weighted by Crippen LogP contribution is -2.44. The number of carbonyl (C=O) groups is 1. The Bertz CT molecular complexity index is 1160. The van der Waals surface area contributed by atoms with Crippen LogP contribution in [0.1, 0.15) is 10.4 Å². The minimum Gasteiger partial charge on any atom is -0.497 e. The molecule has 2 aliphatic rings. The van der Waals surface area contributed by atoms with Gasteiger partial charge in [0.15, 0.2) is 0 Å². The van der Waals surface area contributed by atoms with Crippen molar-refractivity contribution in [2.24, 2.45) is 0 Å². The summed E-state index contributed by atoms with van der Waals surface area (Å²) in [7, 11) is 3.23. The van der Waals surface area contributed by atoms with Gasteiger partial charge in [0.25, 0.3) is 5.91 Å². The van der Waals surface area contributed by atoms with Gasteiger partial charge in [-0.15, -0.1) is 0 Å². The second kappa shape index (κ2) is 9.66. The summed E-state index contributed by atoms with van der Waals surface area (Å²) in [6, 6.07) is 16.1. The molecule has 0 spiro atoms. The number of methoxy groups -OCH3 is 2. The third kappa shape index (κ3) is 4.40. The van der Waals surface area contributed by atoms with E-state index in [1.54, 1.807) is 44.7 Å². The quantitative estimate of drug-likeness (QED) is 0.552. The number of para-hydroxylation sites is 1. The SMILES string of the molecule is COc1ccc(C(=O)N[C@H]2CO[C@H]3[C@@H]2OC[C@@H]3Nc2nccc(-c3ccccc3OC)n2)cc1. The molecule has 176 valence electrons. The first-order valence-electron chi connectivity index (χ1n) is 11.1. The minimum absolute atomic E-state index is 0.138. The number of benzene rings is 2. The third-order valence-electron chi connectivity index (χ3n) is 6.08. The number of anilines is 1. The maximum Gasteiger partial charge on any atom is 0.251 e. The Labute approximate surface area is 197 Å². The zero-order valence-electron chi connectivity index (χ0n) is 18.9. The first-order valence-corrected chi connectivity index (χ1v) is 11.1. The van der Waals surface area contributed by atoms with Crippen molar-refractivity contribution in [1.29, 1.82) is 0 Å². The van der Waals surface area contributed by atoms with Crippen LogP contribution in [0.2, 0.25) is 0 Å². The molecule has 0 unspecified atom stereocenters. The highest BCUT2D eigenvalue weighted by molar-refractivity contribution is 5.94. The molecule has 3 aromatic rings. The molecule has 34 heavy (non-hydrogen) atoms. The monoisotopic (exact) mass is 462 g/mol. The molecule has 2 aromatic carbocycles. The molecule has 9 heteroatoms. The van der Waals surface area contributed by atoms with E-state index in [2.05, 4.69) is 20.6 Å². The number of hydrogen-bond acceptors (Lipinski definition) is 8. The van der Waals surface area contributed by atoms with E-state index in [1.807, 2.05) is 30.3 Å². The summed E-state index contributed by atoms with van der Waals surface area (Å²) in [5.41, 5.74) is 2.19. The molecular formula is C25H26N4O5. The topological polar surface area (TPSA) is 104 Å². The number of ether oxygens (including phenoxy) is 4. The van der Waals surface area contributed by atoms with Crippen LogP contribution in [-0.2, 0) is 9.47 Å². The zero-order valence-corrected chi connectivity index (χ0v) is 18.9. The predicted octanol–water partition coefficient (Wildman–Crippen LogP) is 2.54. The first-order chi connectivity index (χ1) is 16.7. The largest absolute Gasteiger partial charge is 0.497 e. The predicted molar refractivity (Wildman–Crippen MR) is 125 cm³/mol. The lowest BCUT2D eigenvalue weighted by molar-refractivity contribution is 0.0652. The second-order valence-corrected chi connectivity index (χ2v) is 8.12. The van der Waals surface area contributed by atoms with Gasteiger partial charge in [-0.05, 0) is 42.5 Å². The Balaban J connectivity index is 1.24. The van der Waals surface area contributed by atoms with E-state index >= 15 is 0 Å². The van der Waals surface area contributed by atoms with Crippen molar-refractivity contribution in [3.8, 4) is 22.8 Å². The van der Waals surface area contributed by atoms with Gasteiger partial charge in [0.1, 0.15) is 23.7 Å². The van der Waals surface area contributed by atoms with E-state index in [-0.39, 0.29) is 30.2 Å². The van der Waals surface area contributed by atoms with Crippen LogP contribution in [0.3, 0.4) is 0 Å². The number of amides is 1. The summed E-state index contributed by atoms with van der Waals surface area (Å²) in [6.45, 7) is 0.796. The molecule has 3 heterocycles. The van der Waals surface area contributed by atoms with E-state index < -0.39 is 0 Å². The second-order valence-electron chi connectivity index (χ2n) is 8.12. The molecule has 2 fully saturated rings. The summed E-state index contributed by atoms with van der Waals surface area (Å²) in [5.74, 6) is 1.74. The Morgan fingerprint density at radius 2 is 1.68 bits per heavy atom. The fourth-order valence-corrected chi connectivity index (χ4v) is 4.34. The zero-order chi connectivity index (χ0) is 23.5. The highest BCUT2D eigenvalue weighted by Gasteiger charge is 2.48. The summed E-state index contributed by atoms with van der Waals surface area (Å²) in [6.07, 6.45) is 1.23. The van der Waals surface area contributed by atoms with Crippen molar-refractivity contribution in [3.63, 3.8) is 0 Å². The van der Waals surface area contributed by atoms with E-state index in [4.69, 9.17) is 18.9 Å². The van der Waals surface area contributed by atoms with Crippen LogP contribution in [0.5, 0.6) is 11.5 Å². The Morgan fingerprint density at radius 1 is 0.941 bits per heavy atom. The van der Waals surface area contributed by atoms with Crippen molar-refractivity contribution in [3.05, 3.63) is 66.4 Å². The number of nitrogens with one attached hydrogen (secondary N) is 2. The standard InChI is InChI=1S/C25H26N4O5/c1-31-16-9-7-15(8-10-16)24(30)27-19-13-33-23-20(14-34-22(19)23)29-25-26-12-11-18(28-25)17-5-3-4-6-21(17)32-2/h3-12,19-20,22-23H,13-14H2,1-2H3,(H,27,30)(H,26,28,29)/t19-,20-,22+,23+/m0/s1. The lowest BCUT2D eigenvalue weighted by atomic mass is 10.1. The van der Waals surface area contributed by atoms with Gasteiger partial charge in [-0.25, -0.2) is 9.97 Å². The van der Waals surface area contributed by atoms with E-state index in [0.29, 0.717) is 30.5 Å². The molecular weight excluding hydrogens is 436 g/mol. The van der Waals surface area contributed by atoms with Gasteiger partial charge in [0, 0.05) is 17.3 Å². The molecule has 1 aromatic heterocycles. The molecule has 0 bridgehead atoms. The van der Waals surface area contributed by atoms with E-state index in [9.17, 15) is 4.79 Å². The van der Waals surface area contributed by atoms with Crippen LogP contribution in [0.25, 0.3) is 11.3 Å². The van der Waals surface area contributed by atoms with Crippen LogP contribution in [0.15, 0.2) is 60.8 Å². The van der Waals surface area contributed by atoms with Gasteiger partial charge in [-0.2, -0.15) is 0 Å². The Kier molecular flexibility index (Phi) is 6.29. The van der Waals surface area contributed by atoms with Gasteiger partial charge in [0.2, 0.25) is 5.95 Å². The summed E-state index contributed by atoms with van der Waals surface area (Å²) >= 11 is 0. The number of hydrogen-bond donors (Lipinski definition) is 2. The Morgan fingerprint density at radius 3 is 2.44 bits per heavy atom. The first kappa shape index (κ1) is 22.1. The van der Waals surface area contributed by atoms with Crippen LogP contribution in [-0.4, -0.2) is 67.6 Å². The number of aromatic nitrogens is 2. The van der Waals surface area contributed by atoms with Crippen LogP contribution < -0.4 is 20.1 Å². The van der Waals surface area contributed by atoms with Gasteiger partial charge in [-0.1, -0.05) is 12.1 Å². The van der Waals surface area contributed by atoms with Crippen molar-refractivity contribution in [2.45, 2.75) is 24.3 Å². The van der Waals surface area contributed by atoms with Gasteiger partial charge < -0.3 is 29.6 Å². The average Bonchev–Trinajstić information content (AvgIpc) is 3.47. The molecule has 0 saturated carbocycles. The van der Waals surface area contributed by atoms with Gasteiger partial charge in [0.05, 0.1) is 45.2 Å². The molecule has 9 nitrogen and oxygen atoms in total. The lowest BCUT2D eigenvalue weighted by Gasteiger charge is -2.18. The van der Waals surface area contributed by atoms with Crippen LogP contribution in [0, 0.1) is 0 Å². The molecule has 2 saturated heterocycles. The fraction of sp³-hybridized carbons (Fsp3) is 0.320. The van der Waals surface area contributed by atoms with Crippen molar-refractivity contribution in [2.75, 3.05) is 32.8 Å². The molecule has 1 amide bonds. The summed E-state index contributed by atoms with van der Waals surface area (Å²) in [5, 5.41) is 6.37. The van der Waals surface area contributed by atoms with Crippen LogP contribution in [0.4, 0.5) is 5.95 Å². The number of fused-ring (bicyclic) bond motifs is 1. The van der Waals surface area contributed by atoms with Gasteiger partial charge in [-0.3, -0.25) is 4.79 Å². The maximum atomic E-state index is 12.7. The molecule has 2 N–H and O–H groups in total.